The van der Waals surface area contributed by atoms with E-state index < -0.39 is 0 Å². The molecule has 1 aliphatic rings. The molecule has 1 unspecified atom stereocenters. The molecule has 3 rings (SSSR count). The average molecular weight is 268 g/mol. The maximum absolute atomic E-state index is 12.1. The molecule has 2 aromatic rings. The van der Waals surface area contributed by atoms with Gasteiger partial charge in [0.25, 0.3) is 5.91 Å². The van der Waals surface area contributed by atoms with Gasteiger partial charge in [0, 0.05) is 16.9 Å². The predicted molar refractivity (Wildman–Crippen MR) is 79.2 cm³/mol. The van der Waals surface area contributed by atoms with Crippen molar-refractivity contribution in [3.05, 3.63) is 53.6 Å². The van der Waals surface area contributed by atoms with Crippen LogP contribution in [0.5, 0.6) is 5.75 Å². The lowest BCUT2D eigenvalue weighted by atomic mass is 10.1. The zero-order valence-electron chi connectivity index (χ0n) is 11.4. The van der Waals surface area contributed by atoms with E-state index in [1.54, 1.807) is 7.11 Å². The van der Waals surface area contributed by atoms with Crippen molar-refractivity contribution in [2.24, 2.45) is 0 Å². The molecule has 2 aromatic carbocycles. The Morgan fingerprint density at radius 3 is 2.60 bits per heavy atom. The maximum atomic E-state index is 12.1. The van der Waals surface area contributed by atoms with Crippen LogP contribution in [0.2, 0.25) is 0 Å². The van der Waals surface area contributed by atoms with Crippen molar-refractivity contribution in [1.82, 2.24) is 0 Å². The minimum absolute atomic E-state index is 0.0265. The minimum atomic E-state index is -0.349. The topological polar surface area (TPSA) is 50.4 Å². The van der Waals surface area contributed by atoms with Crippen LogP contribution in [0.4, 0.5) is 11.4 Å². The maximum Gasteiger partial charge on any atom is 0.251 e. The number of carbonyl (C=O) groups excluding carboxylic acids is 1. The van der Waals surface area contributed by atoms with Crippen LogP contribution >= 0.6 is 0 Å². The predicted octanol–water partition coefficient (Wildman–Crippen LogP) is 3.11. The SMILES string of the molecule is COc1ccc(NC2C(=O)Nc3ccc(C)cc32)cc1. The van der Waals surface area contributed by atoms with Gasteiger partial charge >= 0.3 is 0 Å². The van der Waals surface area contributed by atoms with Crippen LogP contribution in [0.15, 0.2) is 42.5 Å². The highest BCUT2D eigenvalue weighted by Gasteiger charge is 2.30. The summed E-state index contributed by atoms with van der Waals surface area (Å²) in [4.78, 5) is 12.1. The lowest BCUT2D eigenvalue weighted by Crippen LogP contribution is -2.19. The molecular weight excluding hydrogens is 252 g/mol. The summed E-state index contributed by atoms with van der Waals surface area (Å²) in [6.45, 7) is 2.02. The number of rotatable bonds is 3. The van der Waals surface area contributed by atoms with Crippen molar-refractivity contribution in [3.63, 3.8) is 0 Å². The Morgan fingerprint density at radius 1 is 1.15 bits per heavy atom. The van der Waals surface area contributed by atoms with Gasteiger partial charge in [-0.05, 0) is 37.3 Å². The van der Waals surface area contributed by atoms with Gasteiger partial charge in [-0.15, -0.1) is 0 Å². The van der Waals surface area contributed by atoms with Gasteiger partial charge in [-0.2, -0.15) is 0 Å². The first kappa shape index (κ1) is 12.5. The molecule has 1 aliphatic heterocycles. The summed E-state index contributed by atoms with van der Waals surface area (Å²) in [5, 5.41) is 6.15. The molecule has 0 saturated heterocycles. The summed E-state index contributed by atoms with van der Waals surface area (Å²) < 4.78 is 5.13. The lowest BCUT2D eigenvalue weighted by molar-refractivity contribution is -0.116. The van der Waals surface area contributed by atoms with Crippen LogP contribution in [0.1, 0.15) is 17.2 Å². The highest BCUT2D eigenvalue weighted by atomic mass is 16.5. The summed E-state index contributed by atoms with van der Waals surface area (Å²) in [5.41, 5.74) is 3.90. The van der Waals surface area contributed by atoms with Gasteiger partial charge in [-0.1, -0.05) is 17.7 Å². The van der Waals surface area contributed by atoms with E-state index in [9.17, 15) is 4.79 Å². The number of methoxy groups -OCH3 is 1. The van der Waals surface area contributed by atoms with Crippen LogP contribution in [0.25, 0.3) is 0 Å². The third-order valence-electron chi connectivity index (χ3n) is 3.44. The van der Waals surface area contributed by atoms with Gasteiger partial charge in [-0.3, -0.25) is 4.79 Å². The molecule has 0 saturated carbocycles. The number of hydrogen-bond acceptors (Lipinski definition) is 3. The van der Waals surface area contributed by atoms with E-state index in [2.05, 4.69) is 10.6 Å². The van der Waals surface area contributed by atoms with Gasteiger partial charge in [0.2, 0.25) is 0 Å². The Hall–Kier alpha value is -2.49. The number of ether oxygens (including phenoxy) is 1. The molecule has 0 fully saturated rings. The third-order valence-corrected chi connectivity index (χ3v) is 3.44. The van der Waals surface area contributed by atoms with Gasteiger partial charge in [0.1, 0.15) is 11.8 Å². The number of nitrogens with one attached hydrogen (secondary N) is 2. The molecule has 0 aromatic heterocycles. The fourth-order valence-electron chi connectivity index (χ4n) is 2.38. The fraction of sp³-hybridized carbons (Fsp3) is 0.188. The zero-order valence-corrected chi connectivity index (χ0v) is 11.4. The second-order valence-electron chi connectivity index (χ2n) is 4.89. The van der Waals surface area contributed by atoms with Crippen molar-refractivity contribution in [2.75, 3.05) is 17.7 Å². The summed E-state index contributed by atoms with van der Waals surface area (Å²) in [7, 11) is 1.63. The van der Waals surface area contributed by atoms with Crippen LogP contribution < -0.4 is 15.4 Å². The second-order valence-corrected chi connectivity index (χ2v) is 4.89. The van der Waals surface area contributed by atoms with E-state index in [-0.39, 0.29) is 11.9 Å². The summed E-state index contributed by atoms with van der Waals surface area (Å²) in [6.07, 6.45) is 0. The number of carbonyl (C=O) groups is 1. The molecule has 4 heteroatoms. The van der Waals surface area contributed by atoms with Crippen molar-refractivity contribution < 1.29 is 9.53 Å². The van der Waals surface area contributed by atoms with Crippen molar-refractivity contribution in [1.29, 1.82) is 0 Å². The summed E-state index contributed by atoms with van der Waals surface area (Å²) in [5.74, 6) is 0.768. The molecule has 2 N–H and O–H groups in total. The van der Waals surface area contributed by atoms with E-state index >= 15 is 0 Å². The van der Waals surface area contributed by atoms with E-state index in [0.717, 1.165) is 28.3 Å². The van der Waals surface area contributed by atoms with Crippen LogP contribution in [0.3, 0.4) is 0 Å². The van der Waals surface area contributed by atoms with Gasteiger partial charge in [0.05, 0.1) is 7.11 Å². The smallest absolute Gasteiger partial charge is 0.251 e. The molecule has 1 atom stereocenters. The van der Waals surface area contributed by atoms with Gasteiger partial charge in [0.15, 0.2) is 0 Å². The van der Waals surface area contributed by atoms with Crippen LogP contribution in [-0.2, 0) is 4.79 Å². The van der Waals surface area contributed by atoms with E-state index in [0.29, 0.717) is 0 Å². The lowest BCUT2D eigenvalue weighted by Gasteiger charge is -2.13. The molecule has 102 valence electrons. The number of amides is 1. The number of aryl methyl sites for hydroxylation is 1. The molecule has 0 radical (unpaired) electrons. The number of fused-ring (bicyclic) bond motifs is 1. The molecule has 0 aliphatic carbocycles. The van der Waals surface area contributed by atoms with Crippen molar-refractivity contribution in [2.45, 2.75) is 13.0 Å². The molecule has 20 heavy (non-hydrogen) atoms. The Labute approximate surface area is 117 Å². The van der Waals surface area contributed by atoms with Gasteiger partial charge < -0.3 is 15.4 Å². The first-order valence-electron chi connectivity index (χ1n) is 6.49. The monoisotopic (exact) mass is 268 g/mol. The van der Waals surface area contributed by atoms with Crippen molar-refractivity contribution in [3.8, 4) is 5.75 Å². The summed E-state index contributed by atoms with van der Waals surface area (Å²) >= 11 is 0. The van der Waals surface area contributed by atoms with Crippen molar-refractivity contribution >= 4 is 17.3 Å². The highest BCUT2D eigenvalue weighted by Crippen LogP contribution is 2.34. The fourth-order valence-corrected chi connectivity index (χ4v) is 2.38. The molecular formula is C16H16N2O2. The first-order chi connectivity index (χ1) is 9.67. The van der Waals surface area contributed by atoms with E-state index in [1.807, 2.05) is 49.4 Å². The number of hydrogen-bond donors (Lipinski definition) is 2. The standard InChI is InChI=1S/C16H16N2O2/c1-10-3-8-14-13(9-10)15(16(19)18-14)17-11-4-6-12(20-2)7-5-11/h3-9,15,17H,1-2H3,(H,18,19). The Morgan fingerprint density at radius 2 is 1.90 bits per heavy atom. The Bertz CT molecular complexity index is 650. The molecule has 0 bridgehead atoms. The van der Waals surface area contributed by atoms with E-state index in [1.165, 1.54) is 0 Å². The highest BCUT2D eigenvalue weighted by molar-refractivity contribution is 6.04. The quantitative estimate of drug-likeness (QED) is 0.899. The Balaban J connectivity index is 1.87. The molecule has 1 heterocycles. The summed E-state index contributed by atoms with van der Waals surface area (Å²) in [6, 6.07) is 13.2. The zero-order chi connectivity index (χ0) is 14.1. The number of anilines is 2. The normalized spacial score (nSPS) is 16.5. The molecule has 4 nitrogen and oxygen atoms in total. The number of benzene rings is 2. The van der Waals surface area contributed by atoms with Crippen LogP contribution in [-0.4, -0.2) is 13.0 Å². The van der Waals surface area contributed by atoms with Gasteiger partial charge in [-0.25, -0.2) is 0 Å². The van der Waals surface area contributed by atoms with E-state index in [4.69, 9.17) is 4.74 Å². The Kier molecular flexibility index (Phi) is 3.06. The molecule has 0 spiro atoms. The van der Waals surface area contributed by atoms with Crippen LogP contribution in [0, 0.1) is 6.92 Å². The largest absolute Gasteiger partial charge is 0.497 e. The third kappa shape index (κ3) is 2.20. The second kappa shape index (κ2) is 4.89. The average Bonchev–Trinajstić information content (AvgIpc) is 2.76. The minimum Gasteiger partial charge on any atom is -0.497 e. The molecule has 1 amide bonds. The first-order valence-corrected chi connectivity index (χ1v) is 6.49.